The maximum absolute atomic E-state index is 13.8. The zero-order valence-corrected chi connectivity index (χ0v) is 22.1. The van der Waals surface area contributed by atoms with E-state index in [0.29, 0.717) is 37.7 Å². The van der Waals surface area contributed by atoms with E-state index >= 15 is 0 Å². The van der Waals surface area contributed by atoms with Crippen molar-refractivity contribution in [3.05, 3.63) is 97.2 Å². The molecule has 36 heavy (non-hydrogen) atoms. The Hall–Kier alpha value is -3.56. The first kappa shape index (κ1) is 25.5. The molecule has 3 aromatic rings. The van der Waals surface area contributed by atoms with Crippen LogP contribution in [0.5, 0.6) is 11.5 Å². The van der Waals surface area contributed by atoms with E-state index in [4.69, 9.17) is 14.2 Å². The summed E-state index contributed by atoms with van der Waals surface area (Å²) in [4.78, 5) is 33.1. The Morgan fingerprint density at radius 3 is 2.58 bits per heavy atom. The van der Waals surface area contributed by atoms with Crippen molar-refractivity contribution in [1.29, 1.82) is 0 Å². The Bertz CT molecular complexity index is 1520. The minimum absolute atomic E-state index is 0.0633. The summed E-state index contributed by atoms with van der Waals surface area (Å²) in [6.07, 6.45) is 5.26. The van der Waals surface area contributed by atoms with Crippen molar-refractivity contribution in [2.75, 3.05) is 27.1 Å². The number of allylic oxidation sites excluding steroid dienone is 1. The number of rotatable bonds is 8. The number of fused-ring (bicyclic) bond motifs is 1. The van der Waals surface area contributed by atoms with Crippen LogP contribution in [0.15, 0.2) is 81.1 Å². The van der Waals surface area contributed by atoms with Crippen molar-refractivity contribution in [3.8, 4) is 11.5 Å². The van der Waals surface area contributed by atoms with Gasteiger partial charge in [-0.3, -0.25) is 9.36 Å². The molecule has 0 amide bonds. The lowest BCUT2D eigenvalue weighted by molar-refractivity contribution is -0.138. The van der Waals surface area contributed by atoms with Gasteiger partial charge in [-0.1, -0.05) is 36.1 Å². The fourth-order valence-corrected chi connectivity index (χ4v) is 5.44. The summed E-state index contributed by atoms with van der Waals surface area (Å²) in [5.74, 6) is 0.722. The third-order valence-corrected chi connectivity index (χ3v) is 7.46. The minimum atomic E-state index is -0.677. The summed E-state index contributed by atoms with van der Waals surface area (Å²) in [6, 6.07) is 12.5. The SMILES string of the molecule is C=CCOC(=O)C1=C(C)N=c2sc(=Cc3cc(OC)ccc3OC)c(=O)n2C1c1ccc(SC)cc1. The Morgan fingerprint density at radius 1 is 1.19 bits per heavy atom. The minimum Gasteiger partial charge on any atom is -0.497 e. The zero-order chi connectivity index (χ0) is 25.8. The number of methoxy groups -OCH3 is 2. The van der Waals surface area contributed by atoms with Gasteiger partial charge in [0.1, 0.15) is 18.1 Å². The molecule has 0 radical (unpaired) electrons. The molecule has 1 unspecified atom stereocenters. The van der Waals surface area contributed by atoms with E-state index < -0.39 is 12.0 Å². The van der Waals surface area contributed by atoms with Crippen LogP contribution in [0, 0.1) is 0 Å². The van der Waals surface area contributed by atoms with Crippen molar-refractivity contribution in [3.63, 3.8) is 0 Å². The van der Waals surface area contributed by atoms with Crippen LogP contribution < -0.4 is 24.4 Å². The molecule has 0 fully saturated rings. The highest BCUT2D eigenvalue weighted by Crippen LogP contribution is 2.32. The van der Waals surface area contributed by atoms with Gasteiger partial charge in [0.15, 0.2) is 4.80 Å². The molecule has 0 spiro atoms. The lowest BCUT2D eigenvalue weighted by Crippen LogP contribution is -2.39. The molecule has 1 atom stereocenters. The first-order valence-corrected chi connectivity index (χ1v) is 13.1. The molecule has 2 aromatic carbocycles. The summed E-state index contributed by atoms with van der Waals surface area (Å²) in [7, 11) is 3.15. The van der Waals surface area contributed by atoms with Gasteiger partial charge in [0.2, 0.25) is 0 Å². The van der Waals surface area contributed by atoms with Crippen LogP contribution in [0.1, 0.15) is 24.1 Å². The van der Waals surface area contributed by atoms with Crippen LogP contribution in [0.3, 0.4) is 0 Å². The second kappa shape index (κ2) is 11.0. The van der Waals surface area contributed by atoms with Gasteiger partial charge in [-0.05, 0) is 55.2 Å². The maximum Gasteiger partial charge on any atom is 0.338 e. The van der Waals surface area contributed by atoms with Gasteiger partial charge >= 0.3 is 5.97 Å². The Balaban J connectivity index is 1.94. The molecular weight excluding hydrogens is 496 g/mol. The number of ether oxygens (including phenoxy) is 3. The Labute approximate surface area is 217 Å². The molecule has 1 aromatic heterocycles. The molecule has 0 saturated heterocycles. The molecule has 1 aliphatic heterocycles. The van der Waals surface area contributed by atoms with E-state index in [2.05, 4.69) is 11.6 Å². The maximum atomic E-state index is 13.8. The van der Waals surface area contributed by atoms with Gasteiger partial charge in [-0.2, -0.15) is 0 Å². The lowest BCUT2D eigenvalue weighted by Gasteiger charge is -2.24. The smallest absolute Gasteiger partial charge is 0.338 e. The fourth-order valence-electron chi connectivity index (χ4n) is 3.99. The summed E-state index contributed by atoms with van der Waals surface area (Å²) in [5, 5.41) is 0. The molecule has 2 heterocycles. The summed E-state index contributed by atoms with van der Waals surface area (Å²) in [6.45, 7) is 5.44. The van der Waals surface area contributed by atoms with E-state index in [-0.39, 0.29) is 12.2 Å². The van der Waals surface area contributed by atoms with Gasteiger partial charge in [0.05, 0.1) is 36.1 Å². The number of benzene rings is 2. The van der Waals surface area contributed by atoms with Crippen LogP contribution in [0.25, 0.3) is 6.08 Å². The van der Waals surface area contributed by atoms with Crippen LogP contribution in [-0.4, -0.2) is 37.6 Å². The third-order valence-electron chi connectivity index (χ3n) is 5.73. The number of esters is 1. The monoisotopic (exact) mass is 522 g/mol. The standard InChI is InChI=1S/C27H26N2O5S2/c1-6-13-34-26(31)23-16(2)28-27-29(24(23)17-7-10-20(35-5)11-8-17)25(30)22(36-27)15-18-14-19(32-3)9-12-21(18)33-4/h6-12,14-15,24H,1,13H2,2-5H3. The van der Waals surface area contributed by atoms with E-state index in [1.807, 2.05) is 30.5 Å². The van der Waals surface area contributed by atoms with E-state index in [9.17, 15) is 9.59 Å². The van der Waals surface area contributed by atoms with Crippen LogP contribution in [0.4, 0.5) is 0 Å². The van der Waals surface area contributed by atoms with Gasteiger partial charge in [-0.15, -0.1) is 11.8 Å². The predicted molar refractivity (Wildman–Crippen MR) is 143 cm³/mol. The van der Waals surface area contributed by atoms with E-state index in [0.717, 1.165) is 10.5 Å². The number of hydrogen-bond donors (Lipinski definition) is 0. The predicted octanol–water partition coefficient (Wildman–Crippen LogP) is 3.70. The van der Waals surface area contributed by atoms with Gasteiger partial charge in [0, 0.05) is 10.5 Å². The van der Waals surface area contributed by atoms with Crippen LogP contribution in [-0.2, 0) is 9.53 Å². The molecule has 0 aliphatic carbocycles. The highest BCUT2D eigenvalue weighted by molar-refractivity contribution is 7.98. The molecule has 186 valence electrons. The molecule has 0 N–H and O–H groups in total. The van der Waals surface area contributed by atoms with Crippen molar-refractivity contribution < 1.29 is 19.0 Å². The molecule has 7 nitrogen and oxygen atoms in total. The second-order valence-electron chi connectivity index (χ2n) is 7.85. The van der Waals surface area contributed by atoms with Crippen molar-refractivity contribution in [1.82, 2.24) is 4.57 Å². The fraction of sp³-hybridized carbons (Fsp3) is 0.222. The van der Waals surface area contributed by atoms with Gasteiger partial charge in [0.25, 0.3) is 5.56 Å². The normalized spacial score (nSPS) is 15.2. The van der Waals surface area contributed by atoms with E-state index in [1.165, 1.54) is 17.4 Å². The number of carbonyl (C=O) groups excluding carboxylic acids is 1. The molecule has 9 heteroatoms. The molecule has 0 bridgehead atoms. The van der Waals surface area contributed by atoms with Crippen molar-refractivity contribution in [2.24, 2.45) is 4.99 Å². The topological polar surface area (TPSA) is 79.1 Å². The number of aromatic nitrogens is 1. The molecule has 4 rings (SSSR count). The number of carbonyl (C=O) groups is 1. The molecular formula is C27H26N2O5S2. The number of nitrogens with zero attached hydrogens (tertiary/aromatic N) is 2. The summed E-state index contributed by atoms with van der Waals surface area (Å²) >= 11 is 2.87. The van der Waals surface area contributed by atoms with E-state index in [1.54, 1.807) is 61.7 Å². The first-order valence-electron chi connectivity index (χ1n) is 11.1. The molecule has 0 saturated carbocycles. The lowest BCUT2D eigenvalue weighted by atomic mass is 9.96. The van der Waals surface area contributed by atoms with Crippen molar-refractivity contribution in [2.45, 2.75) is 17.9 Å². The highest BCUT2D eigenvalue weighted by Gasteiger charge is 2.33. The van der Waals surface area contributed by atoms with Gasteiger partial charge in [-0.25, -0.2) is 9.79 Å². The van der Waals surface area contributed by atoms with Gasteiger partial charge < -0.3 is 14.2 Å². The van der Waals surface area contributed by atoms with Crippen molar-refractivity contribution >= 4 is 35.1 Å². The first-order chi connectivity index (χ1) is 17.4. The quantitative estimate of drug-likeness (QED) is 0.255. The number of hydrogen-bond acceptors (Lipinski definition) is 8. The average molecular weight is 523 g/mol. The summed E-state index contributed by atoms with van der Waals surface area (Å²) in [5.41, 5.74) is 2.06. The molecule has 1 aliphatic rings. The third kappa shape index (κ3) is 4.89. The average Bonchev–Trinajstić information content (AvgIpc) is 3.20. The highest BCUT2D eigenvalue weighted by atomic mass is 32.2. The Kier molecular flexibility index (Phi) is 7.81. The summed E-state index contributed by atoms with van der Waals surface area (Å²) < 4.78 is 18.2. The number of thioether (sulfide) groups is 1. The zero-order valence-electron chi connectivity index (χ0n) is 20.4. The largest absolute Gasteiger partial charge is 0.497 e. The Morgan fingerprint density at radius 2 is 1.94 bits per heavy atom. The van der Waals surface area contributed by atoms with Crippen LogP contribution >= 0.6 is 23.1 Å². The second-order valence-corrected chi connectivity index (χ2v) is 9.74. The van der Waals surface area contributed by atoms with Crippen LogP contribution in [0.2, 0.25) is 0 Å². The number of thiazole rings is 1.